The second-order valence-electron chi connectivity index (χ2n) is 6.31. The number of rotatable bonds is 3. The molecule has 0 bridgehead atoms. The molecule has 6 heteroatoms. The van der Waals surface area contributed by atoms with Gasteiger partial charge in [0, 0.05) is 30.9 Å². The molecule has 0 spiro atoms. The molecule has 1 aliphatic rings. The van der Waals surface area contributed by atoms with Crippen LogP contribution in [0.2, 0.25) is 0 Å². The van der Waals surface area contributed by atoms with Gasteiger partial charge in [-0.2, -0.15) is 0 Å². The van der Waals surface area contributed by atoms with Gasteiger partial charge >= 0.3 is 6.03 Å². The topological polar surface area (TPSA) is 80.4 Å². The molecule has 1 aromatic carbocycles. The Hall–Kier alpha value is -2.76. The van der Waals surface area contributed by atoms with E-state index in [-0.39, 0.29) is 12.1 Å². The summed E-state index contributed by atoms with van der Waals surface area (Å²) in [4.78, 5) is 26.1. The lowest BCUT2D eigenvalue weighted by Crippen LogP contribution is -2.46. The standard InChI is InChI=1S/C18H22N4O2/c1-12(2)20-18(24)22-9-8-21-10-14(13-6-4-3-5-7-13)16(17(19)23)15(21)11-22/h3-7,10,12H,8-9,11H2,1-2H3,(H2,19,23)(H,20,24). The van der Waals surface area contributed by atoms with Gasteiger partial charge < -0.3 is 20.5 Å². The summed E-state index contributed by atoms with van der Waals surface area (Å²) >= 11 is 0. The van der Waals surface area contributed by atoms with Crippen molar-refractivity contribution in [3.05, 3.63) is 47.8 Å². The van der Waals surface area contributed by atoms with Gasteiger partial charge in [0.25, 0.3) is 5.91 Å². The Morgan fingerprint density at radius 3 is 2.50 bits per heavy atom. The molecule has 2 heterocycles. The summed E-state index contributed by atoms with van der Waals surface area (Å²) in [5.74, 6) is -0.464. The third kappa shape index (κ3) is 2.99. The molecule has 0 aliphatic carbocycles. The zero-order chi connectivity index (χ0) is 17.3. The van der Waals surface area contributed by atoms with Crippen molar-refractivity contribution < 1.29 is 9.59 Å². The van der Waals surface area contributed by atoms with E-state index in [1.165, 1.54) is 0 Å². The first-order valence-electron chi connectivity index (χ1n) is 8.10. The van der Waals surface area contributed by atoms with Crippen LogP contribution in [0.15, 0.2) is 36.5 Å². The molecule has 6 nitrogen and oxygen atoms in total. The van der Waals surface area contributed by atoms with Crippen molar-refractivity contribution in [3.8, 4) is 11.1 Å². The SMILES string of the molecule is CC(C)NC(=O)N1CCn2cc(-c3ccccc3)c(C(N)=O)c2C1. The lowest BCUT2D eigenvalue weighted by molar-refractivity contribution is 0.0997. The van der Waals surface area contributed by atoms with Gasteiger partial charge in [0.15, 0.2) is 0 Å². The fourth-order valence-corrected chi connectivity index (χ4v) is 3.08. The Balaban J connectivity index is 1.97. The number of primary amides is 1. The third-order valence-corrected chi connectivity index (χ3v) is 4.17. The molecule has 0 saturated heterocycles. The first kappa shape index (κ1) is 16.1. The van der Waals surface area contributed by atoms with Gasteiger partial charge in [-0.25, -0.2) is 4.79 Å². The summed E-state index contributed by atoms with van der Waals surface area (Å²) in [5, 5.41) is 2.89. The number of carbonyl (C=O) groups excluding carboxylic acids is 2. The number of nitrogens with zero attached hydrogens (tertiary/aromatic N) is 2. The molecule has 0 fully saturated rings. The van der Waals surface area contributed by atoms with E-state index in [2.05, 4.69) is 5.32 Å². The maximum atomic E-state index is 12.3. The second kappa shape index (κ2) is 6.39. The average molecular weight is 326 g/mol. The average Bonchev–Trinajstić information content (AvgIpc) is 2.93. The van der Waals surface area contributed by atoms with Gasteiger partial charge in [-0.15, -0.1) is 0 Å². The number of nitrogens with one attached hydrogen (secondary N) is 1. The van der Waals surface area contributed by atoms with Crippen LogP contribution >= 0.6 is 0 Å². The Kier molecular flexibility index (Phi) is 4.29. The van der Waals surface area contributed by atoms with Gasteiger partial charge in [0.1, 0.15) is 0 Å². The molecular formula is C18H22N4O2. The molecule has 3 N–H and O–H groups in total. The molecule has 0 saturated carbocycles. The van der Waals surface area contributed by atoms with Crippen molar-refractivity contribution in [2.45, 2.75) is 33.0 Å². The van der Waals surface area contributed by atoms with Crippen molar-refractivity contribution >= 4 is 11.9 Å². The maximum absolute atomic E-state index is 12.3. The Labute approximate surface area is 141 Å². The minimum Gasteiger partial charge on any atom is -0.366 e. The van der Waals surface area contributed by atoms with E-state index < -0.39 is 5.91 Å². The number of carbonyl (C=O) groups is 2. The molecule has 3 rings (SSSR count). The maximum Gasteiger partial charge on any atom is 0.318 e. The van der Waals surface area contributed by atoms with Crippen LogP contribution in [0.5, 0.6) is 0 Å². The summed E-state index contributed by atoms with van der Waals surface area (Å²) < 4.78 is 2.03. The summed E-state index contributed by atoms with van der Waals surface area (Å²) in [7, 11) is 0. The molecule has 0 unspecified atom stereocenters. The number of hydrogen-bond acceptors (Lipinski definition) is 2. The highest BCUT2D eigenvalue weighted by molar-refractivity contribution is 6.01. The van der Waals surface area contributed by atoms with Crippen molar-refractivity contribution in [2.75, 3.05) is 6.54 Å². The third-order valence-electron chi connectivity index (χ3n) is 4.17. The largest absolute Gasteiger partial charge is 0.366 e. The predicted octanol–water partition coefficient (Wildman–Crippen LogP) is 2.19. The number of hydrogen-bond donors (Lipinski definition) is 2. The van der Waals surface area contributed by atoms with Gasteiger partial charge in [-0.1, -0.05) is 30.3 Å². The van der Waals surface area contributed by atoms with E-state index in [0.29, 0.717) is 25.2 Å². The van der Waals surface area contributed by atoms with Crippen LogP contribution < -0.4 is 11.1 Å². The van der Waals surface area contributed by atoms with Gasteiger partial charge in [-0.05, 0) is 19.4 Å². The van der Waals surface area contributed by atoms with Crippen LogP contribution in [0.3, 0.4) is 0 Å². The monoisotopic (exact) mass is 326 g/mol. The number of benzene rings is 1. The van der Waals surface area contributed by atoms with Crippen molar-refractivity contribution in [2.24, 2.45) is 5.73 Å². The van der Waals surface area contributed by atoms with E-state index in [1.54, 1.807) is 4.90 Å². The Morgan fingerprint density at radius 1 is 1.17 bits per heavy atom. The lowest BCUT2D eigenvalue weighted by atomic mass is 10.0. The highest BCUT2D eigenvalue weighted by Crippen LogP contribution is 2.30. The van der Waals surface area contributed by atoms with Gasteiger partial charge in [-0.3, -0.25) is 4.79 Å². The smallest absolute Gasteiger partial charge is 0.318 e. The van der Waals surface area contributed by atoms with Crippen LogP contribution in [-0.2, 0) is 13.1 Å². The van der Waals surface area contributed by atoms with E-state index >= 15 is 0 Å². The van der Waals surface area contributed by atoms with Crippen LogP contribution in [0.4, 0.5) is 4.79 Å². The van der Waals surface area contributed by atoms with E-state index in [0.717, 1.165) is 16.8 Å². The fraction of sp³-hybridized carbons (Fsp3) is 0.333. The Morgan fingerprint density at radius 2 is 1.88 bits per heavy atom. The summed E-state index contributed by atoms with van der Waals surface area (Å²) in [5.41, 5.74) is 8.73. The molecule has 0 atom stereocenters. The van der Waals surface area contributed by atoms with E-state index in [1.807, 2.05) is 54.9 Å². The highest BCUT2D eigenvalue weighted by atomic mass is 16.2. The molecular weight excluding hydrogens is 304 g/mol. The number of aromatic nitrogens is 1. The van der Waals surface area contributed by atoms with Gasteiger partial charge in [0.05, 0.1) is 17.8 Å². The van der Waals surface area contributed by atoms with Crippen molar-refractivity contribution in [1.82, 2.24) is 14.8 Å². The quantitative estimate of drug-likeness (QED) is 0.906. The molecule has 1 aromatic heterocycles. The summed E-state index contributed by atoms with van der Waals surface area (Å²) in [6.07, 6.45) is 1.96. The second-order valence-corrected chi connectivity index (χ2v) is 6.31. The van der Waals surface area contributed by atoms with Crippen LogP contribution in [0, 0.1) is 0 Å². The molecule has 126 valence electrons. The van der Waals surface area contributed by atoms with Crippen molar-refractivity contribution in [3.63, 3.8) is 0 Å². The van der Waals surface area contributed by atoms with Crippen LogP contribution in [0.25, 0.3) is 11.1 Å². The van der Waals surface area contributed by atoms with Crippen LogP contribution in [0.1, 0.15) is 29.9 Å². The highest BCUT2D eigenvalue weighted by Gasteiger charge is 2.28. The first-order valence-corrected chi connectivity index (χ1v) is 8.10. The summed E-state index contributed by atoms with van der Waals surface area (Å²) in [6.45, 7) is 5.48. The zero-order valence-corrected chi connectivity index (χ0v) is 14.0. The number of urea groups is 1. The molecule has 1 aliphatic heterocycles. The fourth-order valence-electron chi connectivity index (χ4n) is 3.08. The van der Waals surface area contributed by atoms with Crippen LogP contribution in [-0.4, -0.2) is 34.0 Å². The molecule has 0 radical (unpaired) electrons. The normalized spacial score (nSPS) is 13.7. The summed E-state index contributed by atoms with van der Waals surface area (Å²) in [6, 6.07) is 9.66. The van der Waals surface area contributed by atoms with Gasteiger partial charge in [0.2, 0.25) is 0 Å². The predicted molar refractivity (Wildman–Crippen MR) is 92.5 cm³/mol. The lowest BCUT2D eigenvalue weighted by Gasteiger charge is -2.30. The van der Waals surface area contributed by atoms with Crippen molar-refractivity contribution in [1.29, 1.82) is 0 Å². The molecule has 2 aromatic rings. The molecule has 3 amide bonds. The van der Waals surface area contributed by atoms with E-state index in [9.17, 15) is 9.59 Å². The minimum absolute atomic E-state index is 0.0710. The first-order chi connectivity index (χ1) is 11.5. The number of fused-ring (bicyclic) bond motifs is 1. The Bertz CT molecular complexity index is 765. The zero-order valence-electron chi connectivity index (χ0n) is 14.0. The number of nitrogens with two attached hydrogens (primary N) is 1. The minimum atomic E-state index is -0.464. The van der Waals surface area contributed by atoms with E-state index in [4.69, 9.17) is 5.73 Å². The molecule has 24 heavy (non-hydrogen) atoms. The number of amides is 3.